The summed E-state index contributed by atoms with van der Waals surface area (Å²) in [6.45, 7) is 2.42. The molecule has 2 aromatic carbocycles. The summed E-state index contributed by atoms with van der Waals surface area (Å²) in [5.41, 5.74) is 2.21. The molecular formula is C29H33F2N5O. The number of nitrogens with one attached hydrogen (secondary N) is 1. The van der Waals surface area contributed by atoms with Crippen molar-refractivity contribution in [3.63, 3.8) is 0 Å². The molecular weight excluding hydrogens is 472 g/mol. The zero-order valence-electron chi connectivity index (χ0n) is 21.2. The van der Waals surface area contributed by atoms with E-state index in [9.17, 15) is 4.39 Å². The number of nitriles is 1. The van der Waals surface area contributed by atoms with Gasteiger partial charge in [-0.25, -0.2) is 13.5 Å². The Morgan fingerprint density at radius 3 is 2.46 bits per heavy atom. The monoisotopic (exact) mass is 505 g/mol. The molecule has 0 atom stereocenters. The number of hydrogen-bond acceptors (Lipinski definition) is 5. The molecule has 0 spiro atoms. The molecule has 37 heavy (non-hydrogen) atoms. The highest BCUT2D eigenvalue weighted by atomic mass is 19.1. The third-order valence-electron chi connectivity index (χ3n) is 7.69. The topological polar surface area (TPSA) is 66.1 Å². The lowest BCUT2D eigenvalue weighted by atomic mass is 9.89. The minimum atomic E-state index is -0.598. The first-order valence-electron chi connectivity index (χ1n) is 13.2. The van der Waals surface area contributed by atoms with E-state index in [1.165, 1.54) is 44.2 Å². The summed E-state index contributed by atoms with van der Waals surface area (Å²) in [4.78, 5) is 2.18. The lowest BCUT2D eigenvalue weighted by Gasteiger charge is -2.33. The molecule has 2 fully saturated rings. The van der Waals surface area contributed by atoms with Gasteiger partial charge < -0.3 is 15.0 Å². The van der Waals surface area contributed by atoms with Gasteiger partial charge in [-0.15, -0.1) is 0 Å². The molecule has 8 heteroatoms. The van der Waals surface area contributed by atoms with E-state index >= 15 is 4.39 Å². The fourth-order valence-corrected chi connectivity index (χ4v) is 5.45. The van der Waals surface area contributed by atoms with Crippen molar-refractivity contribution in [2.24, 2.45) is 5.92 Å². The van der Waals surface area contributed by atoms with Gasteiger partial charge in [0.2, 0.25) is 0 Å². The van der Waals surface area contributed by atoms with E-state index in [1.807, 2.05) is 18.2 Å². The maximum absolute atomic E-state index is 15.5. The average Bonchev–Trinajstić information content (AvgIpc) is 3.36. The van der Waals surface area contributed by atoms with Crippen molar-refractivity contribution in [3.8, 4) is 23.0 Å². The largest absolute Gasteiger partial charge is 0.381 e. The quantitative estimate of drug-likeness (QED) is 0.408. The maximum Gasteiger partial charge on any atom is 0.151 e. The first-order chi connectivity index (χ1) is 18.1. The highest BCUT2D eigenvalue weighted by Gasteiger charge is 2.22. The van der Waals surface area contributed by atoms with Crippen LogP contribution in [0.1, 0.15) is 50.5 Å². The van der Waals surface area contributed by atoms with Crippen molar-refractivity contribution in [1.82, 2.24) is 9.78 Å². The van der Waals surface area contributed by atoms with Gasteiger partial charge in [0.05, 0.1) is 17.4 Å². The van der Waals surface area contributed by atoms with Crippen LogP contribution in [0.15, 0.2) is 42.5 Å². The number of ether oxygens (including phenoxy) is 1. The van der Waals surface area contributed by atoms with Crippen molar-refractivity contribution in [3.05, 3.63) is 59.7 Å². The van der Waals surface area contributed by atoms with Crippen LogP contribution in [0.5, 0.6) is 0 Å². The zero-order chi connectivity index (χ0) is 25.8. The van der Waals surface area contributed by atoms with Crippen molar-refractivity contribution in [2.75, 3.05) is 37.0 Å². The minimum Gasteiger partial charge on any atom is -0.381 e. The van der Waals surface area contributed by atoms with Crippen molar-refractivity contribution < 1.29 is 13.5 Å². The number of hydrogen-bond donors (Lipinski definition) is 1. The standard InChI is InChI=1S/C29H33F2N5O/c1-37-24-11-13-35(14-12-24)23-9-10-28(26(31)16-23)36-29(33-19-20-5-3-2-4-6-20)17-27(34-36)21-7-8-22(18-32)25(30)15-21/h7-10,15-17,20,24,33H,2-6,11-14,19H2,1H3. The van der Waals surface area contributed by atoms with Crippen LogP contribution in [0.25, 0.3) is 16.9 Å². The van der Waals surface area contributed by atoms with Crippen molar-refractivity contribution in [1.29, 1.82) is 5.26 Å². The maximum atomic E-state index is 15.5. The highest BCUT2D eigenvalue weighted by molar-refractivity contribution is 5.66. The molecule has 1 saturated heterocycles. The molecule has 1 aliphatic heterocycles. The Labute approximate surface area is 216 Å². The van der Waals surface area contributed by atoms with E-state index in [-0.39, 0.29) is 17.5 Å². The molecule has 2 aliphatic rings. The fraction of sp³-hybridized carbons (Fsp3) is 0.448. The Kier molecular flexibility index (Phi) is 7.71. The Hall–Kier alpha value is -3.44. The molecule has 1 N–H and O–H groups in total. The predicted octanol–water partition coefficient (Wildman–Crippen LogP) is 6.30. The number of methoxy groups -OCH3 is 1. The van der Waals surface area contributed by atoms with Gasteiger partial charge in [-0.05, 0) is 61.9 Å². The average molecular weight is 506 g/mol. The second-order valence-electron chi connectivity index (χ2n) is 10.1. The van der Waals surface area contributed by atoms with E-state index in [0.29, 0.717) is 28.7 Å². The summed E-state index contributed by atoms with van der Waals surface area (Å²) in [5.74, 6) is 0.264. The van der Waals surface area contributed by atoms with Crippen molar-refractivity contribution in [2.45, 2.75) is 51.0 Å². The van der Waals surface area contributed by atoms with Gasteiger partial charge in [0.1, 0.15) is 23.4 Å². The van der Waals surface area contributed by atoms with Gasteiger partial charge in [-0.2, -0.15) is 10.4 Å². The van der Waals surface area contributed by atoms with Crippen molar-refractivity contribution >= 4 is 11.5 Å². The molecule has 5 rings (SSSR count). The van der Waals surface area contributed by atoms with Crippen LogP contribution >= 0.6 is 0 Å². The second kappa shape index (κ2) is 11.3. The Balaban J connectivity index is 1.44. The number of benzene rings is 2. The Morgan fingerprint density at radius 2 is 1.78 bits per heavy atom. The van der Waals surface area contributed by atoms with Crippen LogP contribution in [0.4, 0.5) is 20.3 Å². The van der Waals surface area contributed by atoms with Gasteiger partial charge >= 0.3 is 0 Å². The summed E-state index contributed by atoms with van der Waals surface area (Å²) in [6.07, 6.45) is 8.20. The molecule has 0 amide bonds. The molecule has 3 aromatic rings. The highest BCUT2D eigenvalue weighted by Crippen LogP contribution is 2.31. The molecule has 2 heterocycles. The SMILES string of the molecule is COC1CCN(c2ccc(-n3nc(-c4ccc(C#N)c(F)c4)cc3NCC3CCCCC3)c(F)c2)CC1. The number of halogens is 2. The number of piperidine rings is 1. The lowest BCUT2D eigenvalue weighted by Crippen LogP contribution is -2.36. The summed E-state index contributed by atoms with van der Waals surface area (Å²) in [5, 5.41) is 17.2. The van der Waals surface area contributed by atoms with E-state index in [2.05, 4.69) is 15.3 Å². The summed E-state index contributed by atoms with van der Waals surface area (Å²) in [7, 11) is 1.74. The smallest absolute Gasteiger partial charge is 0.151 e. The summed E-state index contributed by atoms with van der Waals surface area (Å²) in [6, 6.07) is 13.3. The zero-order valence-corrected chi connectivity index (χ0v) is 21.2. The summed E-state index contributed by atoms with van der Waals surface area (Å²) >= 11 is 0. The van der Waals surface area contributed by atoms with Crippen LogP contribution in [0.3, 0.4) is 0 Å². The third-order valence-corrected chi connectivity index (χ3v) is 7.69. The fourth-order valence-electron chi connectivity index (χ4n) is 5.45. The number of rotatable bonds is 7. The first kappa shape index (κ1) is 25.2. The Bertz CT molecular complexity index is 1270. The number of aromatic nitrogens is 2. The molecule has 1 saturated carbocycles. The van der Waals surface area contributed by atoms with Gasteiger partial charge in [-0.1, -0.05) is 25.3 Å². The summed E-state index contributed by atoms with van der Waals surface area (Å²) < 4.78 is 36.9. The van der Waals surface area contributed by atoms with E-state index in [0.717, 1.165) is 38.2 Å². The molecule has 1 aliphatic carbocycles. The van der Waals surface area contributed by atoms with E-state index < -0.39 is 5.82 Å². The van der Waals surface area contributed by atoms with Gasteiger partial charge in [0.15, 0.2) is 5.82 Å². The van der Waals surface area contributed by atoms with Crippen LogP contribution in [0, 0.1) is 28.9 Å². The molecule has 6 nitrogen and oxygen atoms in total. The molecule has 194 valence electrons. The van der Waals surface area contributed by atoms with Crippen LogP contribution in [-0.4, -0.2) is 42.6 Å². The van der Waals surface area contributed by atoms with Gasteiger partial charge in [-0.3, -0.25) is 0 Å². The number of anilines is 2. The minimum absolute atomic E-state index is 0.0185. The van der Waals surface area contributed by atoms with Crippen LogP contribution < -0.4 is 10.2 Å². The molecule has 0 unspecified atom stereocenters. The normalized spacial score (nSPS) is 17.1. The third kappa shape index (κ3) is 5.62. The lowest BCUT2D eigenvalue weighted by molar-refractivity contribution is 0.0819. The first-order valence-corrected chi connectivity index (χ1v) is 13.2. The molecule has 0 radical (unpaired) electrons. The predicted molar refractivity (Wildman–Crippen MR) is 141 cm³/mol. The van der Waals surface area contributed by atoms with Crippen LogP contribution in [0.2, 0.25) is 0 Å². The Morgan fingerprint density at radius 1 is 1.00 bits per heavy atom. The second-order valence-corrected chi connectivity index (χ2v) is 10.1. The molecule has 1 aromatic heterocycles. The van der Waals surface area contributed by atoms with Gasteiger partial charge in [0.25, 0.3) is 0 Å². The van der Waals surface area contributed by atoms with E-state index in [4.69, 9.17) is 10.00 Å². The van der Waals surface area contributed by atoms with Gasteiger partial charge in [0, 0.05) is 44.1 Å². The molecule has 0 bridgehead atoms. The van der Waals surface area contributed by atoms with E-state index in [1.54, 1.807) is 30.0 Å². The number of nitrogens with zero attached hydrogens (tertiary/aromatic N) is 4. The van der Waals surface area contributed by atoms with Crippen LogP contribution in [-0.2, 0) is 4.74 Å².